The number of aromatic nitrogens is 2. The smallest absolute Gasteiger partial charge is 0.257 e. The Hall–Kier alpha value is -2.82. The molecule has 1 aromatic heterocycles. The predicted octanol–water partition coefficient (Wildman–Crippen LogP) is 2.92. The number of H-pyrrole nitrogens is 1. The van der Waals surface area contributed by atoms with Gasteiger partial charge in [0.1, 0.15) is 11.6 Å². The number of nitrogens with one attached hydrogen (secondary N) is 2. The van der Waals surface area contributed by atoms with Gasteiger partial charge in [-0.15, -0.1) is 0 Å². The van der Waals surface area contributed by atoms with Crippen molar-refractivity contribution in [3.8, 4) is 5.75 Å². The Morgan fingerprint density at radius 1 is 1.17 bits per heavy atom. The molecule has 0 saturated heterocycles. The second-order valence-electron chi connectivity index (χ2n) is 5.84. The van der Waals surface area contributed by atoms with Crippen LogP contribution in [0.5, 0.6) is 5.75 Å². The van der Waals surface area contributed by atoms with Gasteiger partial charge in [-0.1, -0.05) is 18.2 Å². The molecule has 0 fully saturated rings. The van der Waals surface area contributed by atoms with Crippen LogP contribution in [0.2, 0.25) is 0 Å². The summed E-state index contributed by atoms with van der Waals surface area (Å²) < 4.78 is 5.52. The molecule has 3 aromatic rings. The predicted molar refractivity (Wildman–Crippen MR) is 94.2 cm³/mol. The third-order valence-electron chi connectivity index (χ3n) is 3.97. The van der Waals surface area contributed by atoms with Crippen molar-refractivity contribution in [3.05, 3.63) is 59.4 Å². The number of aryl methyl sites for hydroxylation is 2. The number of fused-ring (bicyclic) bond motifs is 1. The second kappa shape index (κ2) is 7.17. The van der Waals surface area contributed by atoms with Gasteiger partial charge in [-0.3, -0.25) is 4.79 Å². The average Bonchev–Trinajstić information content (AvgIpc) is 2.98. The summed E-state index contributed by atoms with van der Waals surface area (Å²) >= 11 is 0. The number of nitrogens with zero attached hydrogens (tertiary/aromatic N) is 1. The fourth-order valence-corrected chi connectivity index (χ4v) is 2.45. The van der Waals surface area contributed by atoms with E-state index in [4.69, 9.17) is 4.74 Å². The summed E-state index contributed by atoms with van der Waals surface area (Å²) in [6, 6.07) is 13.7. The van der Waals surface area contributed by atoms with Crippen molar-refractivity contribution in [3.63, 3.8) is 0 Å². The molecule has 2 N–H and O–H groups in total. The lowest BCUT2D eigenvalue weighted by molar-refractivity contribution is -0.123. The molecule has 2 aromatic carbocycles. The number of ether oxygens (including phenoxy) is 1. The van der Waals surface area contributed by atoms with Crippen LogP contribution in [-0.4, -0.2) is 29.0 Å². The van der Waals surface area contributed by atoms with E-state index in [0.29, 0.717) is 18.7 Å². The number of carbonyl (C=O) groups is 1. The summed E-state index contributed by atoms with van der Waals surface area (Å²) in [4.78, 5) is 19.6. The van der Waals surface area contributed by atoms with Crippen LogP contribution in [0.1, 0.15) is 17.0 Å². The molecule has 0 saturated carbocycles. The molecule has 24 heavy (non-hydrogen) atoms. The number of rotatable bonds is 6. The van der Waals surface area contributed by atoms with Crippen LogP contribution < -0.4 is 10.1 Å². The Balaban J connectivity index is 1.44. The lowest BCUT2D eigenvalue weighted by Crippen LogP contribution is -2.30. The van der Waals surface area contributed by atoms with Crippen LogP contribution in [0.25, 0.3) is 11.0 Å². The molecule has 0 aliphatic carbocycles. The number of imidazole rings is 1. The van der Waals surface area contributed by atoms with Crippen molar-refractivity contribution < 1.29 is 9.53 Å². The van der Waals surface area contributed by atoms with Crippen LogP contribution in [0.3, 0.4) is 0 Å². The molecule has 0 spiro atoms. The number of hydrogen-bond donors (Lipinski definition) is 2. The van der Waals surface area contributed by atoms with Gasteiger partial charge in [-0.25, -0.2) is 4.98 Å². The van der Waals surface area contributed by atoms with E-state index in [0.717, 1.165) is 22.4 Å². The summed E-state index contributed by atoms with van der Waals surface area (Å²) in [7, 11) is 0. The van der Waals surface area contributed by atoms with Gasteiger partial charge in [0.05, 0.1) is 11.0 Å². The Morgan fingerprint density at radius 2 is 2.00 bits per heavy atom. The molecule has 0 aliphatic heterocycles. The van der Waals surface area contributed by atoms with E-state index in [-0.39, 0.29) is 12.5 Å². The lowest BCUT2D eigenvalue weighted by atomic mass is 10.1. The van der Waals surface area contributed by atoms with Crippen molar-refractivity contribution in [2.75, 3.05) is 13.2 Å². The maximum Gasteiger partial charge on any atom is 0.257 e. The minimum absolute atomic E-state index is 0.0165. The Morgan fingerprint density at radius 3 is 2.79 bits per heavy atom. The summed E-state index contributed by atoms with van der Waals surface area (Å²) in [5, 5.41) is 2.85. The molecular weight excluding hydrogens is 302 g/mol. The van der Waals surface area contributed by atoms with Crippen LogP contribution in [-0.2, 0) is 11.2 Å². The van der Waals surface area contributed by atoms with E-state index in [1.54, 1.807) is 0 Å². The maximum atomic E-state index is 11.9. The molecule has 0 radical (unpaired) electrons. The SMILES string of the molecule is Cc1ccc(OCC(=O)NCCc2nc3ccccc3[nH]2)cc1C. The standard InChI is InChI=1S/C19H21N3O2/c1-13-7-8-15(11-14(13)2)24-12-19(23)20-10-9-18-21-16-5-3-4-6-17(16)22-18/h3-8,11H,9-10,12H2,1-2H3,(H,20,23)(H,21,22). The summed E-state index contributed by atoms with van der Waals surface area (Å²) in [6.45, 7) is 4.61. The minimum atomic E-state index is -0.135. The van der Waals surface area contributed by atoms with Crippen molar-refractivity contribution >= 4 is 16.9 Å². The summed E-state index contributed by atoms with van der Waals surface area (Å²) in [5.74, 6) is 1.45. The van der Waals surface area contributed by atoms with Crippen molar-refractivity contribution in [1.29, 1.82) is 0 Å². The Bertz CT molecular complexity index is 822. The largest absolute Gasteiger partial charge is 0.484 e. The van der Waals surface area contributed by atoms with E-state index in [1.807, 2.05) is 56.3 Å². The number of carbonyl (C=O) groups excluding carboxylic acids is 1. The van der Waals surface area contributed by atoms with Crippen LogP contribution >= 0.6 is 0 Å². The van der Waals surface area contributed by atoms with E-state index in [9.17, 15) is 4.79 Å². The van der Waals surface area contributed by atoms with Gasteiger partial charge in [0.25, 0.3) is 5.91 Å². The highest BCUT2D eigenvalue weighted by Gasteiger charge is 2.05. The normalized spacial score (nSPS) is 10.8. The molecule has 0 unspecified atom stereocenters. The van der Waals surface area contributed by atoms with Crippen LogP contribution in [0.15, 0.2) is 42.5 Å². The molecule has 0 aliphatic rings. The first-order valence-electron chi connectivity index (χ1n) is 8.02. The number of para-hydroxylation sites is 2. The van der Waals surface area contributed by atoms with E-state index < -0.39 is 0 Å². The zero-order chi connectivity index (χ0) is 16.9. The number of amides is 1. The van der Waals surface area contributed by atoms with Gasteiger partial charge in [-0.05, 0) is 49.2 Å². The summed E-state index contributed by atoms with van der Waals surface area (Å²) in [5.41, 5.74) is 4.31. The van der Waals surface area contributed by atoms with Gasteiger partial charge in [-0.2, -0.15) is 0 Å². The van der Waals surface area contributed by atoms with E-state index in [2.05, 4.69) is 15.3 Å². The van der Waals surface area contributed by atoms with Crippen molar-refractivity contribution in [1.82, 2.24) is 15.3 Å². The first-order valence-corrected chi connectivity index (χ1v) is 8.02. The minimum Gasteiger partial charge on any atom is -0.484 e. The molecule has 5 nitrogen and oxygen atoms in total. The van der Waals surface area contributed by atoms with Crippen LogP contribution in [0, 0.1) is 13.8 Å². The summed E-state index contributed by atoms with van der Waals surface area (Å²) in [6.07, 6.45) is 0.657. The molecule has 5 heteroatoms. The third kappa shape index (κ3) is 3.93. The van der Waals surface area contributed by atoms with E-state index >= 15 is 0 Å². The zero-order valence-corrected chi connectivity index (χ0v) is 13.9. The highest BCUT2D eigenvalue weighted by Crippen LogP contribution is 2.16. The molecule has 0 atom stereocenters. The lowest BCUT2D eigenvalue weighted by Gasteiger charge is -2.08. The third-order valence-corrected chi connectivity index (χ3v) is 3.97. The highest BCUT2D eigenvalue weighted by molar-refractivity contribution is 5.77. The van der Waals surface area contributed by atoms with Gasteiger partial charge < -0.3 is 15.0 Å². The monoisotopic (exact) mass is 323 g/mol. The first kappa shape index (κ1) is 16.1. The van der Waals surface area contributed by atoms with Crippen molar-refractivity contribution in [2.24, 2.45) is 0 Å². The zero-order valence-electron chi connectivity index (χ0n) is 13.9. The first-order chi connectivity index (χ1) is 11.6. The number of hydrogen-bond acceptors (Lipinski definition) is 3. The van der Waals surface area contributed by atoms with E-state index in [1.165, 1.54) is 5.56 Å². The quantitative estimate of drug-likeness (QED) is 0.733. The molecule has 3 rings (SSSR count). The topological polar surface area (TPSA) is 67.0 Å². The van der Waals surface area contributed by atoms with Crippen LogP contribution in [0.4, 0.5) is 0 Å². The Kier molecular flexibility index (Phi) is 4.79. The van der Waals surface area contributed by atoms with Gasteiger partial charge in [0, 0.05) is 13.0 Å². The van der Waals surface area contributed by atoms with Gasteiger partial charge >= 0.3 is 0 Å². The highest BCUT2D eigenvalue weighted by atomic mass is 16.5. The van der Waals surface area contributed by atoms with Gasteiger partial charge in [0.2, 0.25) is 0 Å². The fourth-order valence-electron chi connectivity index (χ4n) is 2.45. The molecule has 0 bridgehead atoms. The number of benzene rings is 2. The fraction of sp³-hybridized carbons (Fsp3) is 0.263. The second-order valence-corrected chi connectivity index (χ2v) is 5.84. The molecule has 1 heterocycles. The van der Waals surface area contributed by atoms with Gasteiger partial charge in [0.15, 0.2) is 6.61 Å². The molecule has 124 valence electrons. The molecule has 1 amide bonds. The average molecular weight is 323 g/mol. The number of aromatic amines is 1. The van der Waals surface area contributed by atoms with Crippen molar-refractivity contribution in [2.45, 2.75) is 20.3 Å². The Labute approximate surface area is 141 Å². The maximum absolute atomic E-state index is 11.9. The molecular formula is C19H21N3O2.